The number of nitrogens with zero attached hydrogens (tertiary/aromatic N) is 5. The van der Waals surface area contributed by atoms with Gasteiger partial charge in [0.25, 0.3) is 0 Å². The van der Waals surface area contributed by atoms with E-state index in [1.54, 1.807) is 32.5 Å². The van der Waals surface area contributed by atoms with E-state index in [9.17, 15) is 9.90 Å². The Kier molecular flexibility index (Phi) is 7.55. The van der Waals surface area contributed by atoms with E-state index in [0.717, 1.165) is 67.3 Å². The molecule has 0 spiro atoms. The van der Waals surface area contributed by atoms with Crippen LogP contribution in [0.1, 0.15) is 52.4 Å². The number of piperidine rings is 1. The second kappa shape index (κ2) is 11.7. The van der Waals surface area contributed by atoms with Crippen molar-refractivity contribution >= 4 is 17.0 Å². The smallest absolute Gasteiger partial charge is 0.335 e. The van der Waals surface area contributed by atoms with Crippen molar-refractivity contribution in [2.75, 3.05) is 33.9 Å². The number of methoxy groups -OCH3 is 2. The summed E-state index contributed by atoms with van der Waals surface area (Å²) in [6, 6.07) is 10.6. The zero-order chi connectivity index (χ0) is 31.1. The predicted molar refractivity (Wildman–Crippen MR) is 165 cm³/mol. The molecule has 232 valence electrons. The molecule has 45 heavy (non-hydrogen) atoms. The number of carbonyl (C=O) groups is 1. The Morgan fingerprint density at radius 3 is 2.73 bits per heavy atom. The standard InChI is InChI=1S/C34H35N5O6/c1-4-21-5-6-22(27(13-21)42-2)20-45-30-7-10-35-33(37-30)34-9-11-38(17-24(34)16-34)19-29-36-31-26(39(29)18-25-8-12-44-25)14-23(32(40)41)15-28(31)43-3/h1,5-7,10,13-15,24-25H,8-9,11-12,16-20H2,2-3H3,(H,40,41)/t24?,25-,34?/m0/s1. The molecule has 0 radical (unpaired) electrons. The third-order valence-corrected chi connectivity index (χ3v) is 9.40. The molecule has 2 unspecified atom stereocenters. The molecular weight excluding hydrogens is 574 g/mol. The molecule has 11 heteroatoms. The van der Waals surface area contributed by atoms with Crippen LogP contribution < -0.4 is 14.2 Å². The van der Waals surface area contributed by atoms with Gasteiger partial charge in [-0.2, -0.15) is 4.98 Å². The summed E-state index contributed by atoms with van der Waals surface area (Å²) in [6.07, 6.45) is 10.3. The summed E-state index contributed by atoms with van der Waals surface area (Å²) in [6.45, 7) is 4.08. The first-order valence-electron chi connectivity index (χ1n) is 15.1. The molecule has 0 bridgehead atoms. The highest BCUT2D eigenvalue weighted by Crippen LogP contribution is 2.58. The summed E-state index contributed by atoms with van der Waals surface area (Å²) < 4.78 is 25.0. The number of likely N-dealkylation sites (tertiary alicyclic amines) is 1. The average Bonchev–Trinajstić information content (AvgIpc) is 3.68. The van der Waals surface area contributed by atoms with E-state index in [4.69, 9.17) is 35.3 Å². The molecule has 2 aromatic carbocycles. The molecule has 2 aromatic heterocycles. The number of hydrogen-bond acceptors (Lipinski definition) is 9. The lowest BCUT2D eigenvalue weighted by Gasteiger charge is -2.31. The number of benzene rings is 2. The van der Waals surface area contributed by atoms with Crippen molar-refractivity contribution in [2.24, 2.45) is 5.92 Å². The number of carboxylic acids is 1. The van der Waals surface area contributed by atoms with Gasteiger partial charge in [0.05, 0.1) is 44.5 Å². The Morgan fingerprint density at radius 1 is 1.18 bits per heavy atom. The van der Waals surface area contributed by atoms with Crippen molar-refractivity contribution in [1.29, 1.82) is 0 Å². The van der Waals surface area contributed by atoms with Gasteiger partial charge in [-0.05, 0) is 56.0 Å². The Hall–Kier alpha value is -4.66. The van der Waals surface area contributed by atoms with Crippen LogP contribution in [0.25, 0.3) is 11.0 Å². The number of imidazole rings is 1. The number of aromatic nitrogens is 4. The molecule has 3 atom stereocenters. The summed E-state index contributed by atoms with van der Waals surface area (Å²) in [5, 5.41) is 9.71. The number of aromatic carboxylic acids is 1. The Morgan fingerprint density at radius 2 is 2.02 bits per heavy atom. The van der Waals surface area contributed by atoms with Crippen molar-refractivity contribution in [3.63, 3.8) is 0 Å². The quantitative estimate of drug-likeness (QED) is 0.249. The van der Waals surface area contributed by atoms with Gasteiger partial charge in [-0.1, -0.05) is 12.0 Å². The second-order valence-electron chi connectivity index (χ2n) is 12.0. The van der Waals surface area contributed by atoms with Crippen LogP contribution in [0.3, 0.4) is 0 Å². The van der Waals surface area contributed by atoms with Crippen LogP contribution in [-0.4, -0.2) is 75.5 Å². The lowest BCUT2D eigenvalue weighted by Crippen LogP contribution is -2.38. The van der Waals surface area contributed by atoms with Crippen molar-refractivity contribution in [2.45, 2.75) is 50.5 Å². The van der Waals surface area contributed by atoms with Gasteiger partial charge >= 0.3 is 5.97 Å². The first-order valence-corrected chi connectivity index (χ1v) is 15.1. The molecule has 4 heterocycles. The van der Waals surface area contributed by atoms with Crippen LogP contribution >= 0.6 is 0 Å². The van der Waals surface area contributed by atoms with Crippen molar-refractivity contribution in [3.8, 4) is 29.7 Å². The molecule has 7 rings (SSSR count). The van der Waals surface area contributed by atoms with Crippen LogP contribution in [0, 0.1) is 18.3 Å². The molecule has 11 nitrogen and oxygen atoms in total. The number of carboxylic acid groups (broad SMARTS) is 1. The van der Waals surface area contributed by atoms with Crippen molar-refractivity contribution in [1.82, 2.24) is 24.4 Å². The van der Waals surface area contributed by atoms with Gasteiger partial charge in [-0.25, -0.2) is 14.8 Å². The topological polar surface area (TPSA) is 121 Å². The molecule has 2 saturated heterocycles. The minimum atomic E-state index is -0.999. The van der Waals surface area contributed by atoms with Gasteiger partial charge in [0.15, 0.2) is 0 Å². The summed E-state index contributed by atoms with van der Waals surface area (Å²) in [7, 11) is 3.16. The molecule has 0 amide bonds. The fourth-order valence-electron chi connectivity index (χ4n) is 6.66. The summed E-state index contributed by atoms with van der Waals surface area (Å²) in [5.41, 5.74) is 3.19. The zero-order valence-corrected chi connectivity index (χ0v) is 25.4. The highest BCUT2D eigenvalue weighted by molar-refractivity contribution is 5.95. The second-order valence-corrected chi connectivity index (χ2v) is 12.0. The molecule has 3 aliphatic rings. The summed E-state index contributed by atoms with van der Waals surface area (Å²) in [4.78, 5) is 28.8. The summed E-state index contributed by atoms with van der Waals surface area (Å²) >= 11 is 0. The van der Waals surface area contributed by atoms with E-state index in [2.05, 4.69) is 20.4 Å². The third-order valence-electron chi connectivity index (χ3n) is 9.40. The number of ether oxygens (including phenoxy) is 4. The maximum Gasteiger partial charge on any atom is 0.335 e. The molecule has 2 aliphatic heterocycles. The predicted octanol–water partition coefficient (Wildman–Crippen LogP) is 4.05. The first kappa shape index (κ1) is 29.1. The molecule has 4 aromatic rings. The van der Waals surface area contributed by atoms with Gasteiger partial charge in [0, 0.05) is 42.0 Å². The van der Waals surface area contributed by atoms with Gasteiger partial charge in [-0.15, -0.1) is 6.42 Å². The molecular formula is C34H35N5O6. The Balaban J connectivity index is 1.06. The zero-order valence-electron chi connectivity index (χ0n) is 25.4. The normalized spacial score (nSPS) is 22.2. The van der Waals surface area contributed by atoms with E-state index in [0.29, 0.717) is 48.5 Å². The van der Waals surface area contributed by atoms with E-state index in [-0.39, 0.29) is 17.1 Å². The molecule has 1 N–H and O–H groups in total. The van der Waals surface area contributed by atoms with Crippen LogP contribution in [-0.2, 0) is 29.8 Å². The fraction of sp³-hybridized carbons (Fsp3) is 0.412. The van der Waals surface area contributed by atoms with E-state index in [1.165, 1.54) is 6.07 Å². The number of fused-ring (bicyclic) bond motifs is 2. The Labute approximate surface area is 261 Å². The van der Waals surface area contributed by atoms with Gasteiger partial charge in [0.2, 0.25) is 5.88 Å². The minimum Gasteiger partial charge on any atom is -0.496 e. The fourth-order valence-corrected chi connectivity index (χ4v) is 6.66. The number of hydrogen-bond donors (Lipinski definition) is 1. The highest BCUT2D eigenvalue weighted by Gasteiger charge is 2.59. The average molecular weight is 610 g/mol. The minimum absolute atomic E-state index is 0.0540. The van der Waals surface area contributed by atoms with Crippen LogP contribution in [0.4, 0.5) is 0 Å². The van der Waals surface area contributed by atoms with Crippen LogP contribution in [0.2, 0.25) is 0 Å². The van der Waals surface area contributed by atoms with Crippen LogP contribution in [0.15, 0.2) is 42.6 Å². The monoisotopic (exact) mass is 609 g/mol. The first-order chi connectivity index (χ1) is 21.9. The molecule has 1 saturated carbocycles. The maximum absolute atomic E-state index is 11.8. The molecule has 1 aliphatic carbocycles. The van der Waals surface area contributed by atoms with Crippen LogP contribution in [0.5, 0.6) is 17.4 Å². The van der Waals surface area contributed by atoms with Crippen molar-refractivity contribution < 1.29 is 28.8 Å². The lowest BCUT2D eigenvalue weighted by molar-refractivity contribution is -0.0592. The highest BCUT2D eigenvalue weighted by atomic mass is 16.5. The third kappa shape index (κ3) is 5.45. The number of terminal acetylenes is 1. The molecule has 3 fully saturated rings. The Bertz CT molecular complexity index is 1810. The van der Waals surface area contributed by atoms with E-state index >= 15 is 0 Å². The lowest BCUT2D eigenvalue weighted by atomic mass is 9.94. The summed E-state index contributed by atoms with van der Waals surface area (Å²) in [5.74, 6) is 5.45. The van der Waals surface area contributed by atoms with Gasteiger partial charge < -0.3 is 28.6 Å². The van der Waals surface area contributed by atoms with Crippen molar-refractivity contribution in [3.05, 3.63) is 70.9 Å². The number of rotatable bonds is 11. The SMILES string of the molecule is C#Cc1ccc(COc2ccnc(C34CCN(Cc5nc6c(OC)cc(C(=O)O)cc6n5C[C@@H]5CCO5)CC3C4)n2)c(OC)c1. The van der Waals surface area contributed by atoms with Gasteiger partial charge in [0.1, 0.15) is 35.3 Å². The largest absolute Gasteiger partial charge is 0.496 e. The maximum atomic E-state index is 11.8. The van der Waals surface area contributed by atoms with E-state index in [1.807, 2.05) is 18.2 Å². The van der Waals surface area contributed by atoms with E-state index < -0.39 is 5.97 Å². The van der Waals surface area contributed by atoms with Gasteiger partial charge in [-0.3, -0.25) is 4.90 Å².